The van der Waals surface area contributed by atoms with Crippen molar-refractivity contribution >= 4 is 23.4 Å². The fourth-order valence-corrected chi connectivity index (χ4v) is 3.27. The Hall–Kier alpha value is -1.16. The number of carboxylic acid groups (broad SMARTS) is 1. The first kappa shape index (κ1) is 12.3. The van der Waals surface area contributed by atoms with Crippen LogP contribution in [-0.4, -0.2) is 29.1 Å². The number of aromatic carboxylic acids is 1. The van der Waals surface area contributed by atoms with Crippen molar-refractivity contribution in [1.82, 2.24) is 0 Å². The van der Waals surface area contributed by atoms with Gasteiger partial charge in [0.2, 0.25) is 0 Å². The van der Waals surface area contributed by atoms with Gasteiger partial charge in [0.25, 0.3) is 0 Å². The fraction of sp³-hybridized carbons (Fsp3) is 0.462. The normalized spacial score (nSPS) is 19.2. The lowest BCUT2D eigenvalue weighted by molar-refractivity contribution is 0.0698. The zero-order valence-corrected chi connectivity index (χ0v) is 10.7. The van der Waals surface area contributed by atoms with Crippen LogP contribution in [0.1, 0.15) is 22.3 Å². The molecule has 0 aliphatic carbocycles. The molecule has 1 aromatic rings. The predicted octanol–water partition coefficient (Wildman–Crippen LogP) is 2.86. The molecule has 3 nitrogen and oxygen atoms in total. The molecule has 0 radical (unpaired) electrons. The first-order valence-corrected chi connectivity index (χ1v) is 6.98. The van der Waals surface area contributed by atoms with Gasteiger partial charge in [-0.15, -0.1) is 0 Å². The minimum Gasteiger partial charge on any atom is -0.478 e. The Morgan fingerprint density at radius 1 is 1.59 bits per heavy atom. The minimum atomic E-state index is -0.864. The van der Waals surface area contributed by atoms with Crippen LogP contribution in [0.15, 0.2) is 18.2 Å². The molecule has 0 spiro atoms. The molecule has 1 heterocycles. The Morgan fingerprint density at radius 2 is 2.41 bits per heavy atom. The van der Waals surface area contributed by atoms with Crippen molar-refractivity contribution in [3.8, 4) is 0 Å². The van der Waals surface area contributed by atoms with E-state index in [4.69, 9.17) is 5.11 Å². The molecule has 1 aromatic carbocycles. The third-order valence-corrected chi connectivity index (χ3v) is 4.24. The second-order valence-corrected chi connectivity index (χ2v) is 5.61. The standard InChI is InChI=1S/C13H17NO2S/c1-9-2-3-12(11(6-9)13(15)16)14-7-10-4-5-17-8-10/h2-3,6,10,14H,4-5,7-8H2,1H3,(H,15,16). The van der Waals surface area contributed by atoms with Crippen molar-refractivity contribution in [2.24, 2.45) is 5.92 Å². The van der Waals surface area contributed by atoms with Gasteiger partial charge in [-0.1, -0.05) is 11.6 Å². The van der Waals surface area contributed by atoms with Crippen molar-refractivity contribution in [1.29, 1.82) is 0 Å². The lowest BCUT2D eigenvalue weighted by Gasteiger charge is -2.13. The van der Waals surface area contributed by atoms with Crippen LogP contribution < -0.4 is 5.32 Å². The number of aryl methyl sites for hydroxylation is 1. The third-order valence-electron chi connectivity index (χ3n) is 3.01. The Labute approximate surface area is 106 Å². The van der Waals surface area contributed by atoms with Crippen LogP contribution in [0.2, 0.25) is 0 Å². The SMILES string of the molecule is Cc1ccc(NCC2CCSC2)c(C(=O)O)c1. The summed E-state index contributed by atoms with van der Waals surface area (Å²) >= 11 is 1.97. The summed E-state index contributed by atoms with van der Waals surface area (Å²) in [4.78, 5) is 11.1. The highest BCUT2D eigenvalue weighted by atomic mass is 32.2. The second-order valence-electron chi connectivity index (χ2n) is 4.46. The second kappa shape index (κ2) is 5.45. The number of anilines is 1. The maximum absolute atomic E-state index is 11.1. The first-order valence-electron chi connectivity index (χ1n) is 5.82. The number of hydrogen-bond acceptors (Lipinski definition) is 3. The van der Waals surface area contributed by atoms with Crippen molar-refractivity contribution in [2.75, 3.05) is 23.4 Å². The summed E-state index contributed by atoms with van der Waals surface area (Å²) < 4.78 is 0. The fourth-order valence-electron chi connectivity index (χ4n) is 1.99. The Bertz CT molecular complexity index is 414. The number of thioether (sulfide) groups is 1. The maximum atomic E-state index is 11.1. The minimum absolute atomic E-state index is 0.371. The molecule has 1 aliphatic heterocycles. The monoisotopic (exact) mass is 251 g/mol. The highest BCUT2D eigenvalue weighted by Crippen LogP contribution is 2.24. The smallest absolute Gasteiger partial charge is 0.337 e. The van der Waals surface area contributed by atoms with E-state index in [1.54, 1.807) is 6.07 Å². The van der Waals surface area contributed by atoms with Gasteiger partial charge in [0, 0.05) is 12.2 Å². The topological polar surface area (TPSA) is 49.3 Å². The largest absolute Gasteiger partial charge is 0.478 e. The van der Waals surface area contributed by atoms with Gasteiger partial charge in [-0.3, -0.25) is 0 Å². The van der Waals surface area contributed by atoms with Crippen LogP contribution in [0.4, 0.5) is 5.69 Å². The van der Waals surface area contributed by atoms with Crippen LogP contribution in [-0.2, 0) is 0 Å². The molecule has 0 bridgehead atoms. The van der Waals surface area contributed by atoms with E-state index in [-0.39, 0.29) is 0 Å². The number of rotatable bonds is 4. The van der Waals surface area contributed by atoms with Gasteiger partial charge >= 0.3 is 5.97 Å². The predicted molar refractivity (Wildman–Crippen MR) is 72.1 cm³/mol. The number of hydrogen-bond donors (Lipinski definition) is 2. The zero-order valence-electron chi connectivity index (χ0n) is 9.90. The van der Waals surface area contributed by atoms with Crippen LogP contribution >= 0.6 is 11.8 Å². The summed E-state index contributed by atoms with van der Waals surface area (Å²) in [6.45, 7) is 2.78. The molecular formula is C13H17NO2S. The van der Waals surface area contributed by atoms with Crippen LogP contribution in [0.3, 0.4) is 0 Å². The molecule has 1 fully saturated rings. The molecule has 2 N–H and O–H groups in total. The average Bonchev–Trinajstić information content (AvgIpc) is 2.80. The van der Waals surface area contributed by atoms with Crippen molar-refractivity contribution in [3.63, 3.8) is 0 Å². The summed E-state index contributed by atoms with van der Waals surface area (Å²) in [5, 5.41) is 12.4. The molecule has 1 unspecified atom stereocenters. The number of carboxylic acids is 1. The molecule has 1 aliphatic rings. The van der Waals surface area contributed by atoms with Crippen LogP contribution in [0, 0.1) is 12.8 Å². The summed E-state index contributed by atoms with van der Waals surface area (Å²) in [6.07, 6.45) is 1.23. The van der Waals surface area contributed by atoms with E-state index < -0.39 is 5.97 Å². The molecule has 0 saturated carbocycles. The molecule has 0 aromatic heterocycles. The summed E-state index contributed by atoms with van der Waals surface area (Å²) in [5.74, 6) is 2.22. The molecule has 92 valence electrons. The summed E-state index contributed by atoms with van der Waals surface area (Å²) in [5.41, 5.74) is 2.08. The molecule has 1 atom stereocenters. The van der Waals surface area contributed by atoms with E-state index in [2.05, 4.69) is 5.32 Å². The quantitative estimate of drug-likeness (QED) is 0.864. The molecule has 4 heteroatoms. The number of nitrogens with one attached hydrogen (secondary N) is 1. The lowest BCUT2D eigenvalue weighted by Crippen LogP contribution is -2.15. The van der Waals surface area contributed by atoms with E-state index in [1.165, 1.54) is 17.9 Å². The van der Waals surface area contributed by atoms with Crippen LogP contribution in [0.5, 0.6) is 0 Å². The van der Waals surface area contributed by atoms with Crippen molar-refractivity contribution in [3.05, 3.63) is 29.3 Å². The number of carbonyl (C=O) groups is 1. The van der Waals surface area contributed by atoms with E-state index >= 15 is 0 Å². The Kier molecular flexibility index (Phi) is 3.94. The maximum Gasteiger partial charge on any atom is 0.337 e. The molecule has 2 rings (SSSR count). The molecule has 0 amide bonds. The summed E-state index contributed by atoms with van der Waals surface area (Å²) in [6, 6.07) is 5.52. The van der Waals surface area contributed by atoms with E-state index in [1.807, 2.05) is 30.8 Å². The molecular weight excluding hydrogens is 234 g/mol. The highest BCUT2D eigenvalue weighted by molar-refractivity contribution is 7.99. The van der Waals surface area contributed by atoms with Gasteiger partial charge in [-0.25, -0.2) is 4.79 Å². The van der Waals surface area contributed by atoms with E-state index in [9.17, 15) is 4.79 Å². The lowest BCUT2D eigenvalue weighted by atomic mass is 10.1. The molecule has 1 saturated heterocycles. The number of benzene rings is 1. The summed E-state index contributed by atoms with van der Waals surface area (Å²) in [7, 11) is 0. The highest BCUT2D eigenvalue weighted by Gasteiger charge is 2.16. The van der Waals surface area contributed by atoms with E-state index in [0.29, 0.717) is 11.5 Å². The van der Waals surface area contributed by atoms with Gasteiger partial charge in [-0.05, 0) is 42.9 Å². The molecule has 17 heavy (non-hydrogen) atoms. The van der Waals surface area contributed by atoms with Crippen LogP contribution in [0.25, 0.3) is 0 Å². The van der Waals surface area contributed by atoms with Gasteiger partial charge in [0.05, 0.1) is 5.56 Å². The third kappa shape index (κ3) is 3.16. The van der Waals surface area contributed by atoms with Gasteiger partial charge in [-0.2, -0.15) is 11.8 Å². The van der Waals surface area contributed by atoms with Gasteiger partial charge in [0.15, 0.2) is 0 Å². The van der Waals surface area contributed by atoms with Crippen molar-refractivity contribution < 1.29 is 9.90 Å². The van der Waals surface area contributed by atoms with E-state index in [0.717, 1.165) is 17.8 Å². The van der Waals surface area contributed by atoms with Crippen molar-refractivity contribution in [2.45, 2.75) is 13.3 Å². The Balaban J connectivity index is 2.06. The zero-order chi connectivity index (χ0) is 12.3. The average molecular weight is 251 g/mol. The first-order chi connectivity index (χ1) is 8.16. The Morgan fingerprint density at radius 3 is 3.06 bits per heavy atom. The van der Waals surface area contributed by atoms with Gasteiger partial charge < -0.3 is 10.4 Å². The van der Waals surface area contributed by atoms with Gasteiger partial charge in [0.1, 0.15) is 0 Å².